The molecule has 1 N–H and O–H groups in total. The maximum absolute atomic E-state index is 10.3. The molecule has 0 heterocycles. The van der Waals surface area contributed by atoms with Gasteiger partial charge in [0.15, 0.2) is 6.29 Å². The molecule has 17 heavy (non-hydrogen) atoms. The van der Waals surface area contributed by atoms with Crippen LogP contribution in [0.25, 0.3) is 0 Å². The summed E-state index contributed by atoms with van der Waals surface area (Å²) in [5, 5.41) is 8.43. The summed E-state index contributed by atoms with van der Waals surface area (Å²) >= 11 is 0. The van der Waals surface area contributed by atoms with Crippen LogP contribution in [-0.2, 0) is 16.0 Å². The normalized spacial score (nSPS) is 11.8. The molecule has 4 nitrogen and oxygen atoms in total. The highest BCUT2D eigenvalue weighted by Gasteiger charge is 2.06. The van der Waals surface area contributed by atoms with Crippen molar-refractivity contribution in [3.8, 4) is 5.75 Å². The van der Waals surface area contributed by atoms with E-state index < -0.39 is 12.3 Å². The van der Waals surface area contributed by atoms with Crippen molar-refractivity contribution in [2.75, 3.05) is 6.61 Å². The molecule has 0 amide bonds. The van der Waals surface area contributed by atoms with Gasteiger partial charge >= 0.3 is 5.97 Å². The van der Waals surface area contributed by atoms with Crippen LogP contribution >= 0.6 is 0 Å². The number of ether oxygens (including phenoxy) is 2. The monoisotopic (exact) mass is 236 g/mol. The smallest absolute Gasteiger partial charge is 0.329 e. The highest BCUT2D eigenvalue weighted by molar-refractivity contribution is 5.68. The van der Waals surface area contributed by atoms with Crippen LogP contribution in [0.1, 0.15) is 12.5 Å². The number of carbonyl (C=O) groups is 1. The van der Waals surface area contributed by atoms with Crippen LogP contribution in [0.5, 0.6) is 5.75 Å². The van der Waals surface area contributed by atoms with Gasteiger partial charge in [0.25, 0.3) is 0 Å². The zero-order chi connectivity index (χ0) is 12.7. The highest BCUT2D eigenvalue weighted by atomic mass is 16.7. The van der Waals surface area contributed by atoms with E-state index in [-0.39, 0.29) is 6.61 Å². The van der Waals surface area contributed by atoms with Crippen LogP contribution in [0.15, 0.2) is 36.9 Å². The van der Waals surface area contributed by atoms with E-state index in [9.17, 15) is 4.79 Å². The van der Waals surface area contributed by atoms with E-state index in [2.05, 4.69) is 6.58 Å². The molecule has 0 aromatic heterocycles. The van der Waals surface area contributed by atoms with Gasteiger partial charge in [-0.05, 0) is 31.0 Å². The molecule has 0 aliphatic rings. The highest BCUT2D eigenvalue weighted by Crippen LogP contribution is 2.14. The molecule has 0 aliphatic heterocycles. The lowest BCUT2D eigenvalue weighted by molar-refractivity contribution is -0.151. The molecule has 1 unspecified atom stereocenters. The van der Waals surface area contributed by atoms with Gasteiger partial charge < -0.3 is 14.6 Å². The number of aliphatic carboxylic acids is 1. The molecule has 0 aliphatic carbocycles. The molecule has 1 rings (SSSR count). The molecule has 4 heteroatoms. The number of carboxylic acids is 1. The standard InChI is InChI=1S/C13H16O4/c1-3-4-11-5-7-12(8-6-11)17-10(2)16-9-13(14)15/h3,5-8,10H,1,4,9H2,2H3,(H,14,15). The molecule has 0 radical (unpaired) electrons. The van der Waals surface area contributed by atoms with Gasteiger partial charge in [0, 0.05) is 0 Å². The molecule has 1 aromatic carbocycles. The number of hydrogen-bond donors (Lipinski definition) is 1. The van der Waals surface area contributed by atoms with Gasteiger partial charge in [-0.1, -0.05) is 18.2 Å². The Morgan fingerprint density at radius 3 is 2.65 bits per heavy atom. The molecular formula is C13H16O4. The van der Waals surface area contributed by atoms with Crippen molar-refractivity contribution in [3.63, 3.8) is 0 Å². The van der Waals surface area contributed by atoms with Gasteiger partial charge in [-0.25, -0.2) is 4.79 Å². The Kier molecular flexibility index (Phi) is 5.23. The molecule has 1 aromatic rings. The second kappa shape index (κ2) is 6.70. The number of hydrogen-bond acceptors (Lipinski definition) is 3. The summed E-state index contributed by atoms with van der Waals surface area (Å²) in [5.41, 5.74) is 1.14. The molecule has 0 saturated carbocycles. The minimum atomic E-state index is -1.01. The third-order valence-electron chi connectivity index (χ3n) is 2.05. The molecule has 1 atom stereocenters. The van der Waals surface area contributed by atoms with Crippen molar-refractivity contribution in [1.82, 2.24) is 0 Å². The Morgan fingerprint density at radius 1 is 1.47 bits per heavy atom. The second-order valence-corrected chi connectivity index (χ2v) is 3.53. The van der Waals surface area contributed by atoms with E-state index in [0.29, 0.717) is 5.75 Å². The predicted molar refractivity (Wildman–Crippen MR) is 64.0 cm³/mol. The van der Waals surface area contributed by atoms with Crippen LogP contribution in [-0.4, -0.2) is 24.0 Å². The summed E-state index contributed by atoms with van der Waals surface area (Å²) in [6.45, 7) is 4.95. The first kappa shape index (κ1) is 13.3. The van der Waals surface area contributed by atoms with Crippen LogP contribution in [0, 0.1) is 0 Å². The summed E-state index contributed by atoms with van der Waals surface area (Å²) in [4.78, 5) is 10.3. The average Bonchev–Trinajstić information content (AvgIpc) is 2.29. The summed E-state index contributed by atoms with van der Waals surface area (Å²) in [5.74, 6) is -0.363. The van der Waals surface area contributed by atoms with Gasteiger partial charge in [-0.15, -0.1) is 6.58 Å². The Morgan fingerprint density at radius 2 is 2.12 bits per heavy atom. The predicted octanol–water partition coefficient (Wildman–Crippen LogP) is 2.24. The van der Waals surface area contributed by atoms with E-state index in [1.54, 1.807) is 6.92 Å². The van der Waals surface area contributed by atoms with Crippen LogP contribution in [0.4, 0.5) is 0 Å². The van der Waals surface area contributed by atoms with E-state index >= 15 is 0 Å². The largest absolute Gasteiger partial charge is 0.480 e. The summed E-state index contributed by atoms with van der Waals surface area (Å²) in [6.07, 6.45) is 2.05. The minimum Gasteiger partial charge on any atom is -0.480 e. The van der Waals surface area contributed by atoms with Crippen LogP contribution in [0.3, 0.4) is 0 Å². The number of carboxylic acid groups (broad SMARTS) is 1. The Hall–Kier alpha value is -1.81. The quantitative estimate of drug-likeness (QED) is 0.582. The summed E-state index contributed by atoms with van der Waals surface area (Å²) < 4.78 is 10.3. The van der Waals surface area contributed by atoms with Gasteiger partial charge in [0.1, 0.15) is 12.4 Å². The van der Waals surface area contributed by atoms with Gasteiger partial charge in [0.2, 0.25) is 0 Å². The molecule has 0 bridgehead atoms. The lowest BCUT2D eigenvalue weighted by Crippen LogP contribution is -2.20. The summed E-state index contributed by atoms with van der Waals surface area (Å²) in [7, 11) is 0. The van der Waals surface area contributed by atoms with Crippen LogP contribution < -0.4 is 4.74 Å². The van der Waals surface area contributed by atoms with Gasteiger partial charge in [0.05, 0.1) is 0 Å². The Bertz CT molecular complexity index is 370. The van der Waals surface area contributed by atoms with Crippen molar-refractivity contribution in [1.29, 1.82) is 0 Å². The number of rotatable bonds is 7. The lowest BCUT2D eigenvalue weighted by atomic mass is 10.1. The van der Waals surface area contributed by atoms with E-state index in [4.69, 9.17) is 14.6 Å². The third kappa shape index (κ3) is 5.17. The first-order chi connectivity index (χ1) is 8.11. The molecule has 0 spiro atoms. The zero-order valence-electron chi connectivity index (χ0n) is 9.76. The van der Waals surface area contributed by atoms with Gasteiger partial charge in [-0.2, -0.15) is 0 Å². The maximum atomic E-state index is 10.3. The Labute approximate surface area is 100 Å². The molecule has 0 fully saturated rings. The minimum absolute atomic E-state index is 0.365. The average molecular weight is 236 g/mol. The first-order valence-corrected chi connectivity index (χ1v) is 5.31. The van der Waals surface area contributed by atoms with Crippen molar-refractivity contribution < 1.29 is 19.4 Å². The van der Waals surface area contributed by atoms with Gasteiger partial charge in [-0.3, -0.25) is 0 Å². The van der Waals surface area contributed by atoms with E-state index in [1.165, 1.54) is 0 Å². The fraction of sp³-hybridized carbons (Fsp3) is 0.308. The lowest BCUT2D eigenvalue weighted by Gasteiger charge is -2.14. The zero-order valence-corrected chi connectivity index (χ0v) is 9.76. The number of allylic oxidation sites excluding steroid dienone is 1. The first-order valence-electron chi connectivity index (χ1n) is 5.31. The van der Waals surface area contributed by atoms with Crippen molar-refractivity contribution in [2.45, 2.75) is 19.6 Å². The fourth-order valence-corrected chi connectivity index (χ4v) is 1.29. The maximum Gasteiger partial charge on any atom is 0.329 e. The van der Waals surface area contributed by atoms with E-state index in [1.807, 2.05) is 30.3 Å². The SMILES string of the molecule is C=CCc1ccc(OC(C)OCC(=O)O)cc1. The molecular weight excluding hydrogens is 220 g/mol. The van der Waals surface area contributed by atoms with Crippen LogP contribution in [0.2, 0.25) is 0 Å². The molecule has 92 valence electrons. The topological polar surface area (TPSA) is 55.8 Å². The van der Waals surface area contributed by atoms with E-state index in [0.717, 1.165) is 12.0 Å². The van der Waals surface area contributed by atoms with Crippen molar-refractivity contribution in [2.24, 2.45) is 0 Å². The van der Waals surface area contributed by atoms with Crippen molar-refractivity contribution >= 4 is 5.97 Å². The summed E-state index contributed by atoms with van der Waals surface area (Å²) in [6, 6.07) is 7.50. The number of benzene rings is 1. The fourth-order valence-electron chi connectivity index (χ4n) is 1.29. The Balaban J connectivity index is 2.45. The van der Waals surface area contributed by atoms with Crippen molar-refractivity contribution in [3.05, 3.63) is 42.5 Å². The third-order valence-corrected chi connectivity index (χ3v) is 2.05. The molecule has 0 saturated heterocycles. The second-order valence-electron chi connectivity index (χ2n) is 3.53.